The van der Waals surface area contributed by atoms with Crippen LogP contribution in [0.1, 0.15) is 42.0 Å². The monoisotopic (exact) mass is 458 g/mol. The molecule has 4 N–H and O–H groups in total. The number of carboxylic acid groups (broad SMARTS) is 4. The van der Waals surface area contributed by atoms with Gasteiger partial charge in [0.05, 0.1) is 0 Å². The highest BCUT2D eigenvalue weighted by atomic mass is 16.4. The van der Waals surface area contributed by atoms with Crippen LogP contribution in [0.3, 0.4) is 0 Å². The number of carboxylic acids is 4. The predicted molar refractivity (Wildman–Crippen MR) is 118 cm³/mol. The normalized spacial score (nSPS) is 10.7. The molecule has 2 aromatic heterocycles. The van der Waals surface area contributed by atoms with Gasteiger partial charge in [0.2, 0.25) is 0 Å². The van der Waals surface area contributed by atoms with E-state index in [1.807, 2.05) is 0 Å². The quantitative estimate of drug-likeness (QED) is 0.333. The van der Waals surface area contributed by atoms with Crippen LogP contribution in [-0.4, -0.2) is 54.3 Å². The zero-order valence-corrected chi connectivity index (χ0v) is 17.1. The fraction of sp³-hybridized carbons (Fsp3) is 0. The van der Waals surface area contributed by atoms with E-state index in [9.17, 15) is 39.6 Å². The summed E-state index contributed by atoms with van der Waals surface area (Å²) in [5, 5.41) is 38.6. The van der Waals surface area contributed by atoms with E-state index in [-0.39, 0.29) is 0 Å². The Kier molecular flexibility index (Phi) is 5.48. The van der Waals surface area contributed by atoms with E-state index in [1.165, 1.54) is 24.3 Å². The summed E-state index contributed by atoms with van der Waals surface area (Å²) >= 11 is 0. The molecule has 10 nitrogen and oxygen atoms in total. The zero-order valence-electron chi connectivity index (χ0n) is 17.1. The smallest absolute Gasteiger partial charge is 0.354 e. The molecule has 2 heterocycles. The van der Waals surface area contributed by atoms with Gasteiger partial charge in [-0.2, -0.15) is 0 Å². The Labute approximate surface area is 190 Å². The van der Waals surface area contributed by atoms with Crippen LogP contribution in [0.4, 0.5) is 0 Å². The highest BCUT2D eigenvalue weighted by Gasteiger charge is 2.16. The lowest BCUT2D eigenvalue weighted by molar-refractivity contribution is 0.0664. The number of aromatic nitrogens is 2. The van der Waals surface area contributed by atoms with E-state index in [4.69, 9.17) is 0 Å². The van der Waals surface area contributed by atoms with E-state index in [0.29, 0.717) is 27.6 Å². The minimum Gasteiger partial charge on any atom is -0.477 e. The van der Waals surface area contributed by atoms with Crippen molar-refractivity contribution in [1.82, 2.24) is 9.97 Å². The van der Waals surface area contributed by atoms with Crippen LogP contribution < -0.4 is 0 Å². The molecule has 0 aliphatic rings. The summed E-state index contributed by atoms with van der Waals surface area (Å²) < 4.78 is 0. The molecule has 168 valence electrons. The van der Waals surface area contributed by atoms with E-state index >= 15 is 0 Å². The van der Waals surface area contributed by atoms with Gasteiger partial charge in [-0.3, -0.25) is 0 Å². The number of pyridine rings is 2. The van der Waals surface area contributed by atoms with Crippen LogP contribution in [0.5, 0.6) is 0 Å². The molecule has 0 unspecified atom stereocenters. The van der Waals surface area contributed by atoms with Gasteiger partial charge < -0.3 is 20.4 Å². The number of hydrogen-bond donors (Lipinski definition) is 4. The van der Waals surface area contributed by atoms with E-state index in [2.05, 4.69) is 9.97 Å². The minimum absolute atomic E-state index is 0.336. The maximum Gasteiger partial charge on any atom is 0.354 e. The SMILES string of the molecule is O=C(O)c1cc(-c2ccc3ccc(-c4cc(C(=O)O)nc(C(=O)O)c4)cc3c2)cc(C(=O)O)n1. The number of rotatable bonds is 6. The van der Waals surface area contributed by atoms with Crippen molar-refractivity contribution in [2.45, 2.75) is 0 Å². The lowest BCUT2D eigenvalue weighted by Gasteiger charge is -2.09. The lowest BCUT2D eigenvalue weighted by atomic mass is 9.97. The number of hydrogen-bond acceptors (Lipinski definition) is 6. The minimum atomic E-state index is -1.37. The summed E-state index contributed by atoms with van der Waals surface area (Å²) in [6, 6.07) is 15.4. The van der Waals surface area contributed by atoms with Crippen LogP contribution in [0, 0.1) is 0 Å². The number of nitrogens with zero attached hydrogens (tertiary/aromatic N) is 2. The molecular formula is C24H14N2O8. The second-order valence-corrected chi connectivity index (χ2v) is 7.25. The maximum atomic E-state index is 11.4. The summed E-state index contributed by atoms with van der Waals surface area (Å²) in [7, 11) is 0. The molecule has 10 heteroatoms. The van der Waals surface area contributed by atoms with Gasteiger partial charge in [0.15, 0.2) is 0 Å². The average Bonchev–Trinajstić information content (AvgIpc) is 2.82. The van der Waals surface area contributed by atoms with Gasteiger partial charge in [-0.05, 0) is 69.4 Å². The van der Waals surface area contributed by atoms with Gasteiger partial charge in [0, 0.05) is 0 Å². The van der Waals surface area contributed by atoms with Crippen molar-refractivity contribution in [2.24, 2.45) is 0 Å². The van der Waals surface area contributed by atoms with Crippen LogP contribution in [0.15, 0.2) is 60.7 Å². The maximum absolute atomic E-state index is 11.4. The first kappa shape index (κ1) is 22.1. The van der Waals surface area contributed by atoms with Gasteiger partial charge in [0.25, 0.3) is 0 Å². The number of fused-ring (bicyclic) bond motifs is 1. The van der Waals surface area contributed by atoms with Gasteiger partial charge >= 0.3 is 23.9 Å². The second kappa shape index (κ2) is 8.43. The van der Waals surface area contributed by atoms with Crippen molar-refractivity contribution in [2.75, 3.05) is 0 Å². The summed E-state index contributed by atoms with van der Waals surface area (Å²) in [5.74, 6) is -5.47. The van der Waals surface area contributed by atoms with Crippen molar-refractivity contribution < 1.29 is 39.6 Å². The second-order valence-electron chi connectivity index (χ2n) is 7.25. The van der Waals surface area contributed by atoms with Crippen molar-refractivity contribution in [3.63, 3.8) is 0 Å². The van der Waals surface area contributed by atoms with Crippen LogP contribution in [-0.2, 0) is 0 Å². The molecule has 0 spiro atoms. The van der Waals surface area contributed by atoms with Gasteiger partial charge in [0.1, 0.15) is 22.8 Å². The summed E-state index contributed by atoms with van der Waals surface area (Å²) in [6.07, 6.45) is 0. The van der Waals surface area contributed by atoms with E-state index in [0.717, 1.165) is 5.39 Å². The fourth-order valence-corrected chi connectivity index (χ4v) is 3.44. The first-order chi connectivity index (χ1) is 16.1. The molecule has 4 rings (SSSR count). The first-order valence-electron chi connectivity index (χ1n) is 9.64. The molecule has 0 saturated carbocycles. The van der Waals surface area contributed by atoms with Crippen molar-refractivity contribution in [3.8, 4) is 22.3 Å². The summed E-state index contributed by atoms with van der Waals surface area (Å²) in [6.45, 7) is 0. The van der Waals surface area contributed by atoms with E-state index in [1.54, 1.807) is 36.4 Å². The summed E-state index contributed by atoms with van der Waals surface area (Å²) in [4.78, 5) is 52.8. The van der Waals surface area contributed by atoms with Crippen molar-refractivity contribution in [1.29, 1.82) is 0 Å². The van der Waals surface area contributed by atoms with Crippen LogP contribution >= 0.6 is 0 Å². The third-order valence-corrected chi connectivity index (χ3v) is 5.03. The molecule has 34 heavy (non-hydrogen) atoms. The Morgan fingerprint density at radius 2 is 0.765 bits per heavy atom. The molecule has 0 bridgehead atoms. The summed E-state index contributed by atoms with van der Waals surface area (Å²) in [5.41, 5.74) is 0.0786. The first-order valence-corrected chi connectivity index (χ1v) is 9.64. The largest absolute Gasteiger partial charge is 0.477 e. The lowest BCUT2D eigenvalue weighted by Crippen LogP contribution is -2.08. The average molecular weight is 458 g/mol. The number of aromatic carboxylic acids is 4. The number of carbonyl (C=O) groups is 4. The van der Waals surface area contributed by atoms with Gasteiger partial charge in [-0.15, -0.1) is 0 Å². The van der Waals surface area contributed by atoms with Crippen LogP contribution in [0.2, 0.25) is 0 Å². The molecule has 2 aromatic carbocycles. The third kappa shape index (κ3) is 4.28. The van der Waals surface area contributed by atoms with E-state index < -0.39 is 46.7 Å². The van der Waals surface area contributed by atoms with Crippen molar-refractivity contribution in [3.05, 3.63) is 83.4 Å². The predicted octanol–water partition coefficient (Wildman–Crippen LogP) is 3.76. The topological polar surface area (TPSA) is 175 Å². The molecule has 0 radical (unpaired) electrons. The Morgan fingerprint density at radius 3 is 1.06 bits per heavy atom. The Morgan fingerprint density at radius 1 is 0.441 bits per heavy atom. The molecule has 0 fully saturated rings. The Bertz CT molecular complexity index is 1350. The van der Waals surface area contributed by atoms with Crippen LogP contribution in [0.25, 0.3) is 33.0 Å². The molecule has 0 aliphatic heterocycles. The molecule has 0 aliphatic carbocycles. The van der Waals surface area contributed by atoms with Crippen molar-refractivity contribution >= 4 is 34.6 Å². The highest BCUT2D eigenvalue weighted by Crippen LogP contribution is 2.30. The molecule has 0 amide bonds. The molecule has 0 saturated heterocycles. The fourth-order valence-electron chi connectivity index (χ4n) is 3.44. The Balaban J connectivity index is 1.86. The molecule has 0 atom stereocenters. The number of benzene rings is 2. The standard InChI is InChI=1S/C24H14N2O8/c27-21(28)17-7-15(8-18(25-17)22(29)30)12-3-1-11-2-4-13(6-14(11)5-12)16-9-19(23(31)32)26-20(10-16)24(33)34/h1-10H,(H,27,28)(H,29,30)(H,31,32)(H,33,34). The third-order valence-electron chi connectivity index (χ3n) is 5.03. The van der Waals surface area contributed by atoms with Gasteiger partial charge in [-0.1, -0.05) is 24.3 Å². The van der Waals surface area contributed by atoms with Gasteiger partial charge in [-0.25, -0.2) is 29.1 Å². The zero-order chi connectivity index (χ0) is 24.6. The molecular weight excluding hydrogens is 444 g/mol. The Hall–Kier alpha value is -5.12. The molecule has 4 aromatic rings. The highest BCUT2D eigenvalue weighted by molar-refractivity contribution is 5.96.